The average Bonchev–Trinajstić information content (AvgIpc) is 2.67. The summed E-state index contributed by atoms with van der Waals surface area (Å²) in [5.74, 6) is 1.30. The van der Waals surface area contributed by atoms with Crippen LogP contribution in [0.5, 0.6) is 0 Å². The van der Waals surface area contributed by atoms with Gasteiger partial charge in [-0.3, -0.25) is 4.79 Å². The van der Waals surface area contributed by atoms with Crippen LogP contribution in [0.2, 0.25) is 0 Å². The number of halogens is 1. The van der Waals surface area contributed by atoms with Crippen molar-refractivity contribution in [2.24, 2.45) is 13.0 Å². The molecule has 0 saturated carbocycles. The minimum atomic E-state index is 0. The smallest absolute Gasteiger partial charge is 0.171 e. The summed E-state index contributed by atoms with van der Waals surface area (Å²) in [6, 6.07) is 8.18. The number of thioether (sulfide) groups is 1. The Hall–Kier alpha value is -0.970. The molecule has 5 heteroatoms. The molecule has 3 rings (SSSR count). The molecule has 0 amide bonds. The number of nitrogens with zero attached hydrogens (tertiary/aromatic N) is 2. The molecule has 0 N–H and O–H groups in total. The van der Waals surface area contributed by atoms with Gasteiger partial charge in [-0.25, -0.2) is 0 Å². The molecule has 1 atom stereocenters. The number of ketones is 1. The summed E-state index contributed by atoms with van der Waals surface area (Å²) in [6.45, 7) is 0.828. The molecule has 1 aliphatic rings. The van der Waals surface area contributed by atoms with Crippen molar-refractivity contribution in [2.75, 3.05) is 26.4 Å². The van der Waals surface area contributed by atoms with Crippen LogP contribution in [0.25, 0.3) is 10.9 Å². The fourth-order valence-corrected chi connectivity index (χ4v) is 4.08. The average molecular weight is 311 g/mol. The number of benzene rings is 1. The van der Waals surface area contributed by atoms with Crippen LogP contribution >= 0.6 is 24.2 Å². The zero-order valence-corrected chi connectivity index (χ0v) is 13.6. The lowest BCUT2D eigenvalue weighted by atomic mass is 9.98. The molecular weight excluding hydrogens is 292 g/mol. The maximum absolute atomic E-state index is 12.7. The van der Waals surface area contributed by atoms with E-state index in [0.717, 1.165) is 33.8 Å². The molecule has 0 fully saturated rings. The second-order valence-corrected chi connectivity index (χ2v) is 6.40. The second-order valence-electron chi connectivity index (χ2n) is 5.39. The van der Waals surface area contributed by atoms with Crippen molar-refractivity contribution in [3.63, 3.8) is 0 Å². The summed E-state index contributed by atoms with van der Waals surface area (Å²) >= 11 is 1.81. The molecule has 1 aromatic heterocycles. The van der Waals surface area contributed by atoms with E-state index in [2.05, 4.69) is 21.6 Å². The second kappa shape index (κ2) is 5.80. The van der Waals surface area contributed by atoms with E-state index in [-0.39, 0.29) is 18.3 Å². The molecule has 1 aliphatic heterocycles. The zero-order chi connectivity index (χ0) is 13.6. The molecule has 1 aromatic carbocycles. The monoisotopic (exact) mass is 310 g/mol. The largest absolute Gasteiger partial charge is 0.338 e. The maximum Gasteiger partial charge on any atom is 0.171 e. The van der Waals surface area contributed by atoms with Crippen LogP contribution in [-0.4, -0.2) is 41.6 Å². The molecule has 108 valence electrons. The van der Waals surface area contributed by atoms with Gasteiger partial charge in [0.15, 0.2) is 5.78 Å². The van der Waals surface area contributed by atoms with Crippen LogP contribution in [0.3, 0.4) is 0 Å². The van der Waals surface area contributed by atoms with E-state index in [1.54, 1.807) is 0 Å². The fourth-order valence-electron chi connectivity index (χ4n) is 2.81. The van der Waals surface area contributed by atoms with Crippen molar-refractivity contribution in [3.05, 3.63) is 29.8 Å². The predicted octanol–water partition coefficient (Wildman–Crippen LogP) is 3.07. The molecule has 20 heavy (non-hydrogen) atoms. The number of hydrogen-bond donors (Lipinski definition) is 0. The van der Waals surface area contributed by atoms with Crippen molar-refractivity contribution < 1.29 is 4.79 Å². The van der Waals surface area contributed by atoms with Crippen molar-refractivity contribution in [1.29, 1.82) is 0 Å². The summed E-state index contributed by atoms with van der Waals surface area (Å²) in [4.78, 5) is 14.8. The Bertz CT molecular complexity index is 651. The van der Waals surface area contributed by atoms with Crippen molar-refractivity contribution >= 4 is 40.9 Å². The van der Waals surface area contributed by atoms with E-state index in [1.807, 2.05) is 45.0 Å². The van der Waals surface area contributed by atoms with Crippen LogP contribution in [0.4, 0.5) is 0 Å². The number of carbonyl (C=O) groups excluding carboxylic acids is 1. The van der Waals surface area contributed by atoms with E-state index in [1.165, 1.54) is 0 Å². The zero-order valence-electron chi connectivity index (χ0n) is 11.9. The molecule has 0 spiro atoms. The van der Waals surface area contributed by atoms with Crippen LogP contribution in [0, 0.1) is 5.92 Å². The van der Waals surface area contributed by atoms with Crippen molar-refractivity contribution in [2.45, 2.75) is 5.03 Å². The van der Waals surface area contributed by atoms with Gasteiger partial charge in [0.05, 0.1) is 10.6 Å². The Morgan fingerprint density at radius 3 is 2.75 bits per heavy atom. The molecule has 2 heterocycles. The number of para-hydroxylation sites is 1. The van der Waals surface area contributed by atoms with E-state index >= 15 is 0 Å². The first kappa shape index (κ1) is 15.4. The number of fused-ring (bicyclic) bond motifs is 3. The number of aromatic nitrogens is 1. The number of Topliss-reactive ketones (excluding diaryl/α,β-unsaturated/α-hetero) is 1. The third kappa shape index (κ3) is 2.36. The predicted molar refractivity (Wildman–Crippen MR) is 87.3 cm³/mol. The van der Waals surface area contributed by atoms with Crippen LogP contribution < -0.4 is 0 Å². The minimum Gasteiger partial charge on any atom is -0.338 e. The van der Waals surface area contributed by atoms with E-state index < -0.39 is 0 Å². The van der Waals surface area contributed by atoms with Gasteiger partial charge in [0.2, 0.25) is 0 Å². The molecule has 0 saturated heterocycles. The molecule has 0 bridgehead atoms. The lowest BCUT2D eigenvalue weighted by Crippen LogP contribution is -2.32. The molecule has 2 aromatic rings. The normalized spacial score (nSPS) is 18.2. The van der Waals surface area contributed by atoms with Gasteiger partial charge in [0.25, 0.3) is 0 Å². The highest BCUT2D eigenvalue weighted by atomic mass is 35.5. The minimum absolute atomic E-state index is 0. The lowest BCUT2D eigenvalue weighted by Gasteiger charge is -2.24. The highest BCUT2D eigenvalue weighted by Gasteiger charge is 2.32. The summed E-state index contributed by atoms with van der Waals surface area (Å²) < 4.78 is 2.15. The van der Waals surface area contributed by atoms with Gasteiger partial charge in [0, 0.05) is 36.2 Å². The van der Waals surface area contributed by atoms with Crippen LogP contribution in [-0.2, 0) is 7.05 Å². The SMILES string of the molecule is CN(C)CC1CSc2c(c3ccccc3n2C)C1=O.Cl. The quantitative estimate of drug-likeness (QED) is 0.852. The first-order chi connectivity index (χ1) is 9.09. The van der Waals surface area contributed by atoms with Gasteiger partial charge in [-0.2, -0.15) is 0 Å². The third-order valence-electron chi connectivity index (χ3n) is 3.68. The van der Waals surface area contributed by atoms with Crippen molar-refractivity contribution in [3.8, 4) is 0 Å². The van der Waals surface area contributed by atoms with Gasteiger partial charge < -0.3 is 9.47 Å². The Labute approximate surface area is 129 Å². The van der Waals surface area contributed by atoms with Crippen molar-refractivity contribution in [1.82, 2.24) is 9.47 Å². The highest BCUT2D eigenvalue weighted by molar-refractivity contribution is 7.99. The fraction of sp³-hybridized carbons (Fsp3) is 0.400. The topological polar surface area (TPSA) is 25.2 Å². The summed E-state index contributed by atoms with van der Waals surface area (Å²) in [6.07, 6.45) is 0. The number of hydrogen-bond acceptors (Lipinski definition) is 3. The summed E-state index contributed by atoms with van der Waals surface area (Å²) in [7, 11) is 6.10. The van der Waals surface area contributed by atoms with Gasteiger partial charge in [0.1, 0.15) is 0 Å². The lowest BCUT2D eigenvalue weighted by molar-refractivity contribution is 0.0908. The Morgan fingerprint density at radius 2 is 2.05 bits per heavy atom. The van der Waals surface area contributed by atoms with Crippen LogP contribution in [0.15, 0.2) is 29.3 Å². The highest BCUT2D eigenvalue weighted by Crippen LogP contribution is 2.39. The third-order valence-corrected chi connectivity index (χ3v) is 5.00. The first-order valence-corrected chi connectivity index (χ1v) is 7.47. The maximum atomic E-state index is 12.7. The molecule has 1 unspecified atom stereocenters. The van der Waals surface area contributed by atoms with Gasteiger partial charge in [-0.05, 0) is 20.2 Å². The summed E-state index contributed by atoms with van der Waals surface area (Å²) in [5, 5.41) is 2.22. The standard InChI is InChI=1S/C15H18N2OS.ClH/c1-16(2)8-10-9-19-15-13(14(10)18)11-6-4-5-7-12(11)17(15)3;/h4-7,10H,8-9H2,1-3H3;1H. The Morgan fingerprint density at radius 1 is 1.35 bits per heavy atom. The molecule has 0 radical (unpaired) electrons. The van der Waals surface area contributed by atoms with Gasteiger partial charge in [-0.15, -0.1) is 24.2 Å². The molecular formula is C15H19ClN2OS. The first-order valence-electron chi connectivity index (χ1n) is 6.48. The summed E-state index contributed by atoms with van der Waals surface area (Å²) in [5.41, 5.74) is 2.08. The molecule has 3 nitrogen and oxygen atoms in total. The number of rotatable bonds is 2. The van der Waals surface area contributed by atoms with E-state index in [4.69, 9.17) is 0 Å². The number of carbonyl (C=O) groups is 1. The number of aryl methyl sites for hydroxylation is 1. The van der Waals surface area contributed by atoms with Crippen LogP contribution in [0.1, 0.15) is 10.4 Å². The Kier molecular flexibility index (Phi) is 4.47. The Balaban J connectivity index is 0.00000147. The van der Waals surface area contributed by atoms with Gasteiger partial charge in [-0.1, -0.05) is 18.2 Å². The molecule has 0 aliphatic carbocycles. The van der Waals surface area contributed by atoms with E-state index in [9.17, 15) is 4.79 Å². The van der Waals surface area contributed by atoms with E-state index in [0.29, 0.717) is 5.78 Å². The van der Waals surface area contributed by atoms with Gasteiger partial charge >= 0.3 is 0 Å².